The van der Waals surface area contributed by atoms with Crippen molar-refractivity contribution in [2.24, 2.45) is 4.99 Å². The molecule has 0 N–H and O–H groups in total. The van der Waals surface area contributed by atoms with Crippen molar-refractivity contribution in [1.29, 1.82) is 0 Å². The van der Waals surface area contributed by atoms with Gasteiger partial charge in [0.1, 0.15) is 0 Å². The zero-order valence-electron chi connectivity index (χ0n) is 7.46. The first-order chi connectivity index (χ1) is 5.91. The van der Waals surface area contributed by atoms with Crippen LogP contribution in [0.4, 0.5) is 0 Å². The quantitative estimate of drug-likeness (QED) is 0.269. The van der Waals surface area contributed by atoms with Gasteiger partial charge < -0.3 is 0 Å². The van der Waals surface area contributed by atoms with Gasteiger partial charge in [-0.15, -0.1) is 0 Å². The molecule has 0 aromatic rings. The molecular formula is C9H17NOS. The lowest BCUT2D eigenvalue weighted by Crippen LogP contribution is -1.83. The van der Waals surface area contributed by atoms with E-state index in [1.54, 1.807) is 6.08 Å². The number of nitrogens with zero attached hydrogens (tertiary/aromatic N) is 1. The average molecular weight is 187 g/mol. The fraction of sp³-hybridized carbons (Fsp3) is 0.889. The number of isocyanates is 1. The molecule has 0 fully saturated rings. The molecule has 0 aromatic heterocycles. The maximum absolute atomic E-state index is 9.68. The molecule has 0 radical (unpaired) electrons. The molecule has 70 valence electrons. The molecule has 0 aliphatic heterocycles. The van der Waals surface area contributed by atoms with E-state index < -0.39 is 0 Å². The summed E-state index contributed by atoms with van der Waals surface area (Å²) in [5, 5.41) is 0. The van der Waals surface area contributed by atoms with E-state index in [9.17, 15) is 4.79 Å². The van der Waals surface area contributed by atoms with Crippen LogP contribution in [0.3, 0.4) is 0 Å². The van der Waals surface area contributed by atoms with E-state index in [-0.39, 0.29) is 0 Å². The lowest BCUT2D eigenvalue weighted by molar-refractivity contribution is 0.560. The van der Waals surface area contributed by atoms with Crippen molar-refractivity contribution in [3.8, 4) is 0 Å². The Hall–Kier alpha value is -0.270. The van der Waals surface area contributed by atoms with Crippen LogP contribution >= 0.6 is 12.6 Å². The fourth-order valence-electron chi connectivity index (χ4n) is 1.06. The van der Waals surface area contributed by atoms with E-state index >= 15 is 0 Å². The predicted molar refractivity (Wildman–Crippen MR) is 54.5 cm³/mol. The van der Waals surface area contributed by atoms with E-state index in [0.29, 0.717) is 6.54 Å². The second kappa shape index (κ2) is 10.7. The topological polar surface area (TPSA) is 29.4 Å². The lowest BCUT2D eigenvalue weighted by Gasteiger charge is -1.97. The van der Waals surface area contributed by atoms with Gasteiger partial charge in [-0.2, -0.15) is 12.6 Å². The fourth-order valence-corrected chi connectivity index (χ4v) is 1.28. The molecular weight excluding hydrogens is 170 g/mol. The van der Waals surface area contributed by atoms with Crippen LogP contribution < -0.4 is 0 Å². The summed E-state index contributed by atoms with van der Waals surface area (Å²) in [5.41, 5.74) is 0. The first kappa shape index (κ1) is 11.7. The standard InChI is InChI=1S/C9H17NOS/c11-9-10-7-5-3-1-2-4-6-8-12/h12H,1-8H2. The minimum Gasteiger partial charge on any atom is -0.211 e. The number of hydrogen-bond donors (Lipinski definition) is 1. The van der Waals surface area contributed by atoms with Gasteiger partial charge in [-0.05, 0) is 18.6 Å². The molecule has 0 spiro atoms. The first-order valence-electron chi connectivity index (χ1n) is 4.56. The van der Waals surface area contributed by atoms with Crippen molar-refractivity contribution < 1.29 is 4.79 Å². The molecule has 0 unspecified atom stereocenters. The second-order valence-corrected chi connectivity index (χ2v) is 3.27. The zero-order valence-corrected chi connectivity index (χ0v) is 8.35. The van der Waals surface area contributed by atoms with Crippen molar-refractivity contribution in [3.63, 3.8) is 0 Å². The Morgan fingerprint density at radius 2 is 1.58 bits per heavy atom. The van der Waals surface area contributed by atoms with Crippen LogP contribution in [0.25, 0.3) is 0 Å². The summed E-state index contributed by atoms with van der Waals surface area (Å²) < 4.78 is 0. The molecule has 0 heterocycles. The minimum atomic E-state index is 0.649. The van der Waals surface area contributed by atoms with Gasteiger partial charge in [0.25, 0.3) is 0 Å². The summed E-state index contributed by atoms with van der Waals surface area (Å²) >= 11 is 4.13. The van der Waals surface area contributed by atoms with Crippen molar-refractivity contribution in [1.82, 2.24) is 0 Å². The maximum atomic E-state index is 9.68. The third-order valence-corrected chi connectivity index (χ3v) is 2.06. The highest BCUT2D eigenvalue weighted by Crippen LogP contribution is 2.05. The number of aliphatic imine (C=N–C) groups is 1. The summed E-state index contributed by atoms with van der Waals surface area (Å²) in [4.78, 5) is 13.2. The highest BCUT2D eigenvalue weighted by molar-refractivity contribution is 7.80. The van der Waals surface area contributed by atoms with Gasteiger partial charge in [0.15, 0.2) is 0 Å². The number of thiol groups is 1. The molecule has 3 heteroatoms. The van der Waals surface area contributed by atoms with Gasteiger partial charge in [0.05, 0.1) is 6.54 Å². The van der Waals surface area contributed by atoms with E-state index in [2.05, 4.69) is 17.6 Å². The second-order valence-electron chi connectivity index (χ2n) is 2.82. The predicted octanol–water partition coefficient (Wildman–Crippen LogP) is 2.59. The van der Waals surface area contributed by atoms with Crippen LogP contribution in [0, 0.1) is 0 Å². The Bertz CT molecular complexity index is 132. The van der Waals surface area contributed by atoms with Crippen LogP contribution in [-0.4, -0.2) is 18.4 Å². The maximum Gasteiger partial charge on any atom is 0.234 e. The van der Waals surface area contributed by atoms with Crippen LogP contribution in [0.15, 0.2) is 4.99 Å². The minimum absolute atomic E-state index is 0.649. The third kappa shape index (κ3) is 9.73. The van der Waals surface area contributed by atoms with Gasteiger partial charge in [-0.1, -0.05) is 25.7 Å². The Kier molecular flexibility index (Phi) is 10.5. The largest absolute Gasteiger partial charge is 0.234 e. The Morgan fingerprint density at radius 1 is 1.00 bits per heavy atom. The number of rotatable bonds is 8. The molecule has 0 aromatic carbocycles. The molecule has 0 rings (SSSR count). The highest BCUT2D eigenvalue weighted by atomic mass is 32.1. The van der Waals surface area contributed by atoms with Crippen molar-refractivity contribution in [3.05, 3.63) is 0 Å². The molecule has 0 saturated carbocycles. The van der Waals surface area contributed by atoms with Crippen LogP contribution in [0.2, 0.25) is 0 Å². The smallest absolute Gasteiger partial charge is 0.211 e. The Morgan fingerprint density at radius 3 is 2.17 bits per heavy atom. The van der Waals surface area contributed by atoms with E-state index in [4.69, 9.17) is 0 Å². The monoisotopic (exact) mass is 187 g/mol. The lowest BCUT2D eigenvalue weighted by atomic mass is 10.1. The third-order valence-electron chi connectivity index (χ3n) is 1.74. The van der Waals surface area contributed by atoms with E-state index in [0.717, 1.165) is 12.2 Å². The van der Waals surface area contributed by atoms with Gasteiger partial charge in [0.2, 0.25) is 6.08 Å². The zero-order chi connectivity index (χ0) is 9.07. The van der Waals surface area contributed by atoms with Crippen LogP contribution in [0.5, 0.6) is 0 Å². The molecule has 2 nitrogen and oxygen atoms in total. The van der Waals surface area contributed by atoms with Crippen molar-refractivity contribution >= 4 is 18.7 Å². The summed E-state index contributed by atoms with van der Waals surface area (Å²) in [6.07, 6.45) is 8.78. The van der Waals surface area contributed by atoms with Crippen molar-refractivity contribution in [2.45, 2.75) is 38.5 Å². The van der Waals surface area contributed by atoms with Gasteiger partial charge >= 0.3 is 0 Å². The molecule has 0 bridgehead atoms. The number of hydrogen-bond acceptors (Lipinski definition) is 3. The number of unbranched alkanes of at least 4 members (excludes halogenated alkanes) is 5. The van der Waals surface area contributed by atoms with Crippen LogP contribution in [-0.2, 0) is 4.79 Å². The molecule has 0 aliphatic rings. The van der Waals surface area contributed by atoms with Gasteiger partial charge in [-0.25, -0.2) is 9.79 Å². The Labute approximate surface area is 79.9 Å². The summed E-state index contributed by atoms with van der Waals surface area (Å²) in [5.74, 6) is 0.995. The summed E-state index contributed by atoms with van der Waals surface area (Å²) in [6, 6.07) is 0. The highest BCUT2D eigenvalue weighted by Gasteiger charge is 1.89. The van der Waals surface area contributed by atoms with Crippen LogP contribution in [0.1, 0.15) is 38.5 Å². The van der Waals surface area contributed by atoms with Crippen molar-refractivity contribution in [2.75, 3.05) is 12.3 Å². The molecule has 0 saturated heterocycles. The SMILES string of the molecule is O=C=NCCCCCCCCS. The van der Waals surface area contributed by atoms with Gasteiger partial charge in [-0.3, -0.25) is 0 Å². The van der Waals surface area contributed by atoms with E-state index in [1.807, 2.05) is 0 Å². The first-order valence-corrected chi connectivity index (χ1v) is 5.19. The van der Waals surface area contributed by atoms with E-state index in [1.165, 1.54) is 32.1 Å². The summed E-state index contributed by atoms with van der Waals surface area (Å²) in [6.45, 7) is 0.649. The molecule has 0 atom stereocenters. The summed E-state index contributed by atoms with van der Waals surface area (Å²) in [7, 11) is 0. The molecule has 0 aliphatic carbocycles. The molecule has 12 heavy (non-hydrogen) atoms. The van der Waals surface area contributed by atoms with Gasteiger partial charge in [0, 0.05) is 0 Å². The normalized spacial score (nSPS) is 9.42. The molecule has 0 amide bonds. The number of carbonyl (C=O) groups excluding carboxylic acids is 1. The Balaban J connectivity index is 2.86. The average Bonchev–Trinajstić information content (AvgIpc) is 2.10.